The molecule has 1 aliphatic rings. The number of pyridine rings is 1. The summed E-state index contributed by atoms with van der Waals surface area (Å²) in [6, 6.07) is 0. The van der Waals surface area contributed by atoms with Gasteiger partial charge in [0.25, 0.3) is 11.5 Å². The summed E-state index contributed by atoms with van der Waals surface area (Å²) >= 11 is 0. The van der Waals surface area contributed by atoms with Crippen molar-refractivity contribution in [2.75, 3.05) is 33.7 Å². The van der Waals surface area contributed by atoms with E-state index in [2.05, 4.69) is 31.3 Å². The number of nitrogens with one attached hydrogen (secondary N) is 2. The molecule has 1 aromatic heterocycles. The van der Waals surface area contributed by atoms with Gasteiger partial charge in [0.05, 0.1) is 32.7 Å². The second-order valence-corrected chi connectivity index (χ2v) is 6.91. The molecule has 136 valence electrons. The number of H-pyrrole nitrogens is 1. The molecule has 0 aromatic carbocycles. The van der Waals surface area contributed by atoms with Gasteiger partial charge in [-0.3, -0.25) is 9.59 Å². The topological polar surface area (TPSA) is 85.0 Å². The standard InChI is InChI=1S/C17H27N3O3.HI/c1-4-20(2,3)11-7-10-18-16(22)14-15(21)12-8-5-6-9-13(12)19-17(14)23;/h4-11H2,1-3H3,(H2-,18,19,21,22,23);1H. The molecule has 0 fully saturated rings. The van der Waals surface area contributed by atoms with Crippen LogP contribution in [0.4, 0.5) is 0 Å². The van der Waals surface area contributed by atoms with Gasteiger partial charge < -0.3 is 19.9 Å². The third kappa shape index (κ3) is 4.95. The molecule has 6 nitrogen and oxygen atoms in total. The van der Waals surface area contributed by atoms with Crippen LogP contribution in [0.2, 0.25) is 0 Å². The number of carbonyl (C=O) groups is 1. The molecule has 0 bridgehead atoms. The van der Waals surface area contributed by atoms with Crippen LogP contribution in [0.15, 0.2) is 4.79 Å². The predicted molar refractivity (Wildman–Crippen MR) is 103 cm³/mol. The van der Waals surface area contributed by atoms with Crippen molar-refractivity contribution < 1.29 is 14.4 Å². The van der Waals surface area contributed by atoms with Crippen molar-refractivity contribution >= 4 is 29.9 Å². The summed E-state index contributed by atoms with van der Waals surface area (Å²) in [7, 11) is 4.26. The normalized spacial score (nSPS) is 13.8. The molecular formula is C17H28IN3O3. The van der Waals surface area contributed by atoms with E-state index in [9.17, 15) is 14.7 Å². The van der Waals surface area contributed by atoms with Crippen molar-refractivity contribution in [3.8, 4) is 5.75 Å². The van der Waals surface area contributed by atoms with E-state index in [-0.39, 0.29) is 35.3 Å². The van der Waals surface area contributed by atoms with Crippen LogP contribution in [0.3, 0.4) is 0 Å². The predicted octanol–water partition coefficient (Wildman–Crippen LogP) is 1.16. The number of carbonyl (C=O) groups excluding carboxylic acids is 1. The van der Waals surface area contributed by atoms with E-state index in [1.807, 2.05) is 0 Å². The van der Waals surface area contributed by atoms with E-state index in [0.29, 0.717) is 30.6 Å². The molecular weight excluding hydrogens is 421 g/mol. The van der Waals surface area contributed by atoms with Gasteiger partial charge in [0.2, 0.25) is 0 Å². The molecule has 1 heterocycles. The number of aryl methyl sites for hydroxylation is 1. The van der Waals surface area contributed by atoms with E-state index in [0.717, 1.165) is 36.8 Å². The molecule has 0 saturated carbocycles. The van der Waals surface area contributed by atoms with E-state index < -0.39 is 11.5 Å². The van der Waals surface area contributed by atoms with Gasteiger partial charge >= 0.3 is 0 Å². The van der Waals surface area contributed by atoms with Crippen LogP contribution in [0.5, 0.6) is 5.75 Å². The highest BCUT2D eigenvalue weighted by molar-refractivity contribution is 14.0. The average Bonchev–Trinajstić information content (AvgIpc) is 2.51. The first-order valence-electron chi connectivity index (χ1n) is 8.41. The Kier molecular flexibility index (Phi) is 7.72. The number of aromatic nitrogens is 1. The molecule has 24 heavy (non-hydrogen) atoms. The summed E-state index contributed by atoms with van der Waals surface area (Å²) in [6.07, 6.45) is 4.07. The first-order chi connectivity index (χ1) is 10.9. The van der Waals surface area contributed by atoms with Crippen LogP contribution in [0, 0.1) is 0 Å². The summed E-state index contributed by atoms with van der Waals surface area (Å²) in [5.41, 5.74) is 0.516. The first kappa shape index (κ1) is 21.0. The van der Waals surface area contributed by atoms with Gasteiger partial charge in [-0.25, -0.2) is 0 Å². The molecule has 0 radical (unpaired) electrons. The van der Waals surface area contributed by atoms with Crippen LogP contribution in [0.25, 0.3) is 0 Å². The lowest BCUT2D eigenvalue weighted by Crippen LogP contribution is -2.41. The van der Waals surface area contributed by atoms with E-state index in [1.54, 1.807) is 0 Å². The number of nitrogens with zero attached hydrogens (tertiary/aromatic N) is 1. The van der Waals surface area contributed by atoms with Crippen molar-refractivity contribution in [1.29, 1.82) is 0 Å². The fourth-order valence-corrected chi connectivity index (χ4v) is 2.91. The van der Waals surface area contributed by atoms with Gasteiger partial charge in [-0.2, -0.15) is 0 Å². The number of quaternary nitrogens is 1. The lowest BCUT2D eigenvalue weighted by atomic mass is 9.93. The first-order valence-corrected chi connectivity index (χ1v) is 8.41. The average molecular weight is 449 g/mol. The second-order valence-electron chi connectivity index (χ2n) is 6.91. The zero-order valence-corrected chi connectivity index (χ0v) is 17.1. The smallest absolute Gasteiger partial charge is 0.260 e. The van der Waals surface area contributed by atoms with E-state index in [1.165, 1.54) is 0 Å². The Hall–Kier alpha value is -1.09. The third-order valence-electron chi connectivity index (χ3n) is 4.77. The fourth-order valence-electron chi connectivity index (χ4n) is 2.91. The van der Waals surface area contributed by atoms with Crippen molar-refractivity contribution in [1.82, 2.24) is 10.3 Å². The number of hydrogen-bond acceptors (Lipinski definition) is 3. The molecule has 2 N–H and O–H groups in total. The molecule has 1 aliphatic carbocycles. The van der Waals surface area contributed by atoms with Gasteiger partial charge in [0.15, 0.2) is 0 Å². The van der Waals surface area contributed by atoms with Crippen molar-refractivity contribution in [3.05, 3.63) is 27.2 Å². The van der Waals surface area contributed by atoms with Gasteiger partial charge in [-0.1, -0.05) is 5.75 Å². The van der Waals surface area contributed by atoms with Gasteiger partial charge in [0, 0.05) is 18.7 Å². The third-order valence-corrected chi connectivity index (χ3v) is 4.77. The Morgan fingerprint density at radius 1 is 1.29 bits per heavy atom. The number of hydrogen-bond donors (Lipinski definition) is 2. The SMILES string of the molecule is CC[N+](C)(C)CCCNC(=O)c1c([O-])c2c([nH]c1=O)CCCC2.I. The quantitative estimate of drug-likeness (QED) is 0.389. The largest absolute Gasteiger partial charge is 0.872 e. The molecule has 0 atom stereocenters. The van der Waals surface area contributed by atoms with E-state index in [4.69, 9.17) is 0 Å². The summed E-state index contributed by atoms with van der Waals surface area (Å²) in [6.45, 7) is 4.54. The Morgan fingerprint density at radius 2 is 1.96 bits per heavy atom. The maximum Gasteiger partial charge on any atom is 0.260 e. The minimum absolute atomic E-state index is 0. The lowest BCUT2D eigenvalue weighted by Gasteiger charge is -2.28. The van der Waals surface area contributed by atoms with Crippen LogP contribution >= 0.6 is 24.0 Å². The molecule has 0 aliphatic heterocycles. The van der Waals surface area contributed by atoms with Gasteiger partial charge in [-0.15, -0.1) is 24.0 Å². The van der Waals surface area contributed by atoms with Crippen molar-refractivity contribution in [2.45, 2.75) is 39.0 Å². The summed E-state index contributed by atoms with van der Waals surface area (Å²) in [5.74, 6) is -0.933. The highest BCUT2D eigenvalue weighted by Gasteiger charge is 2.19. The van der Waals surface area contributed by atoms with Crippen LogP contribution < -0.4 is 16.0 Å². The maximum atomic E-state index is 12.4. The highest BCUT2D eigenvalue weighted by Crippen LogP contribution is 2.26. The Bertz CT molecular complexity index is 641. The number of rotatable bonds is 6. The van der Waals surface area contributed by atoms with Crippen LogP contribution in [-0.2, 0) is 12.8 Å². The molecule has 2 rings (SSSR count). The number of aromatic amines is 1. The fraction of sp³-hybridized carbons (Fsp3) is 0.647. The summed E-state index contributed by atoms with van der Waals surface area (Å²) < 4.78 is 0.877. The Labute approximate surface area is 160 Å². The van der Waals surface area contributed by atoms with Crippen molar-refractivity contribution in [3.63, 3.8) is 0 Å². The van der Waals surface area contributed by atoms with Gasteiger partial charge in [-0.05, 0) is 38.2 Å². The van der Waals surface area contributed by atoms with Crippen LogP contribution in [0.1, 0.15) is 47.8 Å². The molecule has 0 saturated heterocycles. The number of fused-ring (bicyclic) bond motifs is 1. The zero-order valence-electron chi connectivity index (χ0n) is 14.7. The Balaban J connectivity index is 0.00000288. The zero-order chi connectivity index (χ0) is 17.0. The summed E-state index contributed by atoms with van der Waals surface area (Å²) in [4.78, 5) is 27.0. The number of amides is 1. The summed E-state index contributed by atoms with van der Waals surface area (Å²) in [5, 5.41) is 15.1. The highest BCUT2D eigenvalue weighted by atomic mass is 127. The second kappa shape index (κ2) is 8.84. The monoisotopic (exact) mass is 449 g/mol. The molecule has 0 spiro atoms. The minimum atomic E-state index is -0.558. The maximum absolute atomic E-state index is 12.4. The van der Waals surface area contributed by atoms with Crippen molar-refractivity contribution in [2.24, 2.45) is 0 Å². The van der Waals surface area contributed by atoms with E-state index >= 15 is 0 Å². The Morgan fingerprint density at radius 3 is 2.62 bits per heavy atom. The van der Waals surface area contributed by atoms with Gasteiger partial charge in [0.1, 0.15) is 0 Å². The number of halogens is 1. The van der Waals surface area contributed by atoms with Crippen LogP contribution in [-0.4, -0.2) is 49.1 Å². The molecule has 1 aromatic rings. The molecule has 7 heteroatoms. The molecule has 1 amide bonds. The minimum Gasteiger partial charge on any atom is -0.872 e. The lowest BCUT2D eigenvalue weighted by molar-refractivity contribution is -0.888. The molecule has 0 unspecified atom stereocenters.